The Bertz CT molecular complexity index is 999. The number of hydrogen-bond donors (Lipinski definition) is 0. The number of rotatable bonds is 5. The molecule has 1 aromatic carbocycles. The molecule has 0 saturated carbocycles. The van der Waals surface area contributed by atoms with E-state index >= 15 is 0 Å². The SMILES string of the molecule is COc1ccc([C@H](c2nnnn2C(C)(C)C)N2CCN(C(=O)c3ccco3)CC2)cc1. The summed E-state index contributed by atoms with van der Waals surface area (Å²) in [7, 11) is 1.65. The molecule has 0 N–H and O–H groups in total. The number of furan rings is 1. The third kappa shape index (κ3) is 4.32. The second-order valence-corrected chi connectivity index (χ2v) is 8.60. The van der Waals surface area contributed by atoms with Crippen LogP contribution in [0.1, 0.15) is 48.8 Å². The summed E-state index contributed by atoms with van der Waals surface area (Å²) in [5, 5.41) is 12.6. The van der Waals surface area contributed by atoms with Gasteiger partial charge in [-0.25, -0.2) is 4.68 Å². The lowest BCUT2D eigenvalue weighted by molar-refractivity contribution is 0.0556. The van der Waals surface area contributed by atoms with Crippen LogP contribution in [-0.2, 0) is 5.54 Å². The summed E-state index contributed by atoms with van der Waals surface area (Å²) in [6.07, 6.45) is 1.52. The Balaban J connectivity index is 1.61. The number of nitrogens with zero attached hydrogens (tertiary/aromatic N) is 6. The first-order chi connectivity index (χ1) is 14.9. The predicted octanol–water partition coefficient (Wildman–Crippen LogP) is 2.58. The maximum atomic E-state index is 12.7. The molecule has 9 nitrogen and oxygen atoms in total. The number of benzene rings is 1. The Kier molecular flexibility index (Phi) is 5.77. The molecule has 1 atom stereocenters. The molecule has 3 heterocycles. The molecule has 1 aliphatic heterocycles. The van der Waals surface area contributed by atoms with Crippen molar-refractivity contribution in [1.82, 2.24) is 30.0 Å². The minimum atomic E-state index is -0.263. The number of hydrogen-bond acceptors (Lipinski definition) is 7. The van der Waals surface area contributed by atoms with E-state index in [4.69, 9.17) is 9.15 Å². The molecule has 31 heavy (non-hydrogen) atoms. The van der Waals surface area contributed by atoms with E-state index in [1.165, 1.54) is 6.26 Å². The lowest BCUT2D eigenvalue weighted by atomic mass is 10.0. The van der Waals surface area contributed by atoms with Crippen LogP contribution in [-0.4, -0.2) is 69.2 Å². The Morgan fingerprint density at radius 1 is 1.10 bits per heavy atom. The Hall–Kier alpha value is -3.20. The third-order valence-corrected chi connectivity index (χ3v) is 5.50. The molecule has 0 spiro atoms. The van der Waals surface area contributed by atoms with E-state index in [9.17, 15) is 4.79 Å². The van der Waals surface area contributed by atoms with Gasteiger partial charge in [0, 0.05) is 26.2 Å². The van der Waals surface area contributed by atoms with E-state index in [0.717, 1.165) is 17.1 Å². The molecular formula is C22H28N6O3. The Morgan fingerprint density at radius 2 is 1.81 bits per heavy atom. The number of carbonyl (C=O) groups excluding carboxylic acids is 1. The van der Waals surface area contributed by atoms with Crippen molar-refractivity contribution in [2.45, 2.75) is 32.4 Å². The van der Waals surface area contributed by atoms with E-state index in [1.54, 1.807) is 19.2 Å². The maximum Gasteiger partial charge on any atom is 0.289 e. The predicted molar refractivity (Wildman–Crippen MR) is 114 cm³/mol. The molecule has 1 amide bonds. The standard InChI is InChI=1S/C22H28N6O3/c1-22(2,3)28-20(23-24-25-28)19(16-7-9-17(30-4)10-8-16)26-11-13-27(14-12-26)21(29)18-6-5-15-31-18/h5-10,15,19H,11-14H2,1-4H3/t19-/m1/s1. The first-order valence-electron chi connectivity index (χ1n) is 10.4. The highest BCUT2D eigenvalue weighted by atomic mass is 16.5. The van der Waals surface area contributed by atoms with Crippen molar-refractivity contribution in [1.29, 1.82) is 0 Å². The van der Waals surface area contributed by atoms with Crippen LogP contribution in [0.2, 0.25) is 0 Å². The number of ether oxygens (including phenoxy) is 1. The van der Waals surface area contributed by atoms with Crippen molar-refractivity contribution in [2.24, 2.45) is 0 Å². The fraction of sp³-hybridized carbons (Fsp3) is 0.455. The topological polar surface area (TPSA) is 89.5 Å². The van der Waals surface area contributed by atoms with Crippen molar-refractivity contribution >= 4 is 5.91 Å². The first-order valence-corrected chi connectivity index (χ1v) is 10.4. The van der Waals surface area contributed by atoms with Crippen LogP contribution < -0.4 is 4.74 Å². The quantitative estimate of drug-likeness (QED) is 0.622. The minimum Gasteiger partial charge on any atom is -0.497 e. The molecule has 0 radical (unpaired) electrons. The van der Waals surface area contributed by atoms with Gasteiger partial charge in [-0.15, -0.1) is 5.10 Å². The molecule has 0 bridgehead atoms. The van der Waals surface area contributed by atoms with Gasteiger partial charge >= 0.3 is 0 Å². The molecule has 4 rings (SSSR count). The summed E-state index contributed by atoms with van der Waals surface area (Å²) in [6.45, 7) is 8.83. The monoisotopic (exact) mass is 424 g/mol. The normalized spacial score (nSPS) is 16.3. The number of piperazine rings is 1. The number of carbonyl (C=O) groups is 1. The van der Waals surface area contributed by atoms with E-state index in [1.807, 2.05) is 33.8 Å². The molecule has 1 fully saturated rings. The van der Waals surface area contributed by atoms with Gasteiger partial charge in [-0.3, -0.25) is 9.69 Å². The minimum absolute atomic E-state index is 0.0785. The molecule has 0 unspecified atom stereocenters. The van der Waals surface area contributed by atoms with Gasteiger partial charge in [0.1, 0.15) is 5.75 Å². The van der Waals surface area contributed by atoms with Crippen LogP contribution in [0.4, 0.5) is 0 Å². The molecule has 164 valence electrons. The highest BCUT2D eigenvalue weighted by Crippen LogP contribution is 2.31. The van der Waals surface area contributed by atoms with Crippen LogP contribution >= 0.6 is 0 Å². The lowest BCUT2D eigenvalue weighted by Gasteiger charge is -2.39. The zero-order valence-corrected chi connectivity index (χ0v) is 18.4. The van der Waals surface area contributed by atoms with Crippen molar-refractivity contribution < 1.29 is 13.9 Å². The number of aromatic nitrogens is 4. The van der Waals surface area contributed by atoms with Crippen LogP contribution in [0.25, 0.3) is 0 Å². The zero-order chi connectivity index (χ0) is 22.0. The zero-order valence-electron chi connectivity index (χ0n) is 18.4. The van der Waals surface area contributed by atoms with Crippen molar-refractivity contribution in [2.75, 3.05) is 33.3 Å². The summed E-state index contributed by atoms with van der Waals surface area (Å²) in [5.41, 5.74) is 0.813. The summed E-state index contributed by atoms with van der Waals surface area (Å²) in [5.74, 6) is 1.87. The van der Waals surface area contributed by atoms with Crippen LogP contribution in [0.15, 0.2) is 47.1 Å². The van der Waals surface area contributed by atoms with E-state index in [0.29, 0.717) is 31.9 Å². The number of methoxy groups -OCH3 is 1. The molecule has 3 aromatic rings. The van der Waals surface area contributed by atoms with Gasteiger partial charge in [0.2, 0.25) is 0 Å². The second kappa shape index (κ2) is 8.50. The first kappa shape index (κ1) is 21.0. The van der Waals surface area contributed by atoms with Crippen LogP contribution in [0.3, 0.4) is 0 Å². The van der Waals surface area contributed by atoms with Gasteiger partial charge in [-0.05, 0) is 61.0 Å². The molecule has 1 saturated heterocycles. The summed E-state index contributed by atoms with van der Waals surface area (Å²) in [4.78, 5) is 16.8. The number of amides is 1. The highest BCUT2D eigenvalue weighted by molar-refractivity contribution is 5.91. The third-order valence-electron chi connectivity index (χ3n) is 5.50. The van der Waals surface area contributed by atoms with Gasteiger partial charge in [0.05, 0.1) is 25.0 Å². The van der Waals surface area contributed by atoms with Gasteiger partial charge in [-0.1, -0.05) is 12.1 Å². The molecule has 0 aliphatic carbocycles. The molecular weight excluding hydrogens is 396 g/mol. The largest absolute Gasteiger partial charge is 0.497 e. The number of tetrazole rings is 1. The van der Waals surface area contributed by atoms with Gasteiger partial charge < -0.3 is 14.1 Å². The molecule has 2 aromatic heterocycles. The van der Waals surface area contributed by atoms with Gasteiger partial charge in [0.15, 0.2) is 11.6 Å². The Labute approximate surface area is 181 Å². The average molecular weight is 425 g/mol. The fourth-order valence-corrected chi connectivity index (χ4v) is 3.89. The fourth-order valence-electron chi connectivity index (χ4n) is 3.89. The highest BCUT2D eigenvalue weighted by Gasteiger charge is 2.34. The van der Waals surface area contributed by atoms with Crippen molar-refractivity contribution in [3.8, 4) is 5.75 Å². The van der Waals surface area contributed by atoms with Gasteiger partial charge in [-0.2, -0.15) is 0 Å². The smallest absolute Gasteiger partial charge is 0.289 e. The summed E-state index contributed by atoms with van der Waals surface area (Å²) in [6, 6.07) is 11.3. The van der Waals surface area contributed by atoms with E-state index in [-0.39, 0.29) is 17.5 Å². The van der Waals surface area contributed by atoms with Crippen LogP contribution in [0.5, 0.6) is 5.75 Å². The lowest BCUT2D eigenvalue weighted by Crippen LogP contribution is -2.50. The summed E-state index contributed by atoms with van der Waals surface area (Å²) >= 11 is 0. The second-order valence-electron chi connectivity index (χ2n) is 8.60. The molecule has 1 aliphatic rings. The average Bonchev–Trinajstić information content (AvgIpc) is 3.47. The van der Waals surface area contributed by atoms with Crippen molar-refractivity contribution in [3.63, 3.8) is 0 Å². The van der Waals surface area contributed by atoms with E-state index in [2.05, 4.69) is 41.2 Å². The van der Waals surface area contributed by atoms with E-state index < -0.39 is 0 Å². The maximum absolute atomic E-state index is 12.7. The van der Waals surface area contributed by atoms with Crippen LogP contribution in [0, 0.1) is 0 Å². The van der Waals surface area contributed by atoms with Crippen molar-refractivity contribution in [3.05, 3.63) is 59.8 Å². The van der Waals surface area contributed by atoms with Gasteiger partial charge in [0.25, 0.3) is 5.91 Å². The summed E-state index contributed by atoms with van der Waals surface area (Å²) < 4.78 is 12.5. The molecule has 9 heteroatoms. The Morgan fingerprint density at radius 3 is 2.39 bits per heavy atom.